The summed E-state index contributed by atoms with van der Waals surface area (Å²) in [5.74, 6) is -0.140. The molecule has 6 heteroatoms. The SMILES string of the molecule is O=C(COc1ccc(Cl)cc1Cl)ON(Cc1ccccc1)Cc1ccccc1. The van der Waals surface area contributed by atoms with Gasteiger partial charge in [0.15, 0.2) is 6.61 Å². The Morgan fingerprint density at radius 3 is 1.93 bits per heavy atom. The van der Waals surface area contributed by atoms with Gasteiger partial charge in [0, 0.05) is 5.02 Å². The molecule has 0 saturated carbocycles. The average molecular weight is 416 g/mol. The van der Waals surface area contributed by atoms with Crippen LogP contribution >= 0.6 is 23.2 Å². The highest BCUT2D eigenvalue weighted by atomic mass is 35.5. The summed E-state index contributed by atoms with van der Waals surface area (Å²) in [5, 5.41) is 2.45. The smallest absolute Gasteiger partial charge is 0.363 e. The van der Waals surface area contributed by atoms with E-state index in [1.165, 1.54) is 0 Å². The molecule has 0 spiro atoms. The molecule has 3 aromatic carbocycles. The highest BCUT2D eigenvalue weighted by Gasteiger charge is 2.15. The quantitative estimate of drug-likeness (QED) is 0.453. The summed E-state index contributed by atoms with van der Waals surface area (Å²) in [4.78, 5) is 17.9. The molecule has 0 radical (unpaired) electrons. The van der Waals surface area contributed by atoms with Crippen LogP contribution in [0.4, 0.5) is 0 Å². The van der Waals surface area contributed by atoms with E-state index in [2.05, 4.69) is 0 Å². The Labute approximate surface area is 174 Å². The Morgan fingerprint density at radius 1 is 0.821 bits per heavy atom. The molecule has 0 N–H and O–H groups in total. The Hall–Kier alpha value is -2.53. The molecule has 0 atom stereocenters. The molecule has 0 fully saturated rings. The monoisotopic (exact) mass is 415 g/mol. The van der Waals surface area contributed by atoms with Crippen LogP contribution < -0.4 is 4.74 Å². The Kier molecular flexibility index (Phi) is 7.31. The number of benzene rings is 3. The van der Waals surface area contributed by atoms with Gasteiger partial charge in [-0.15, -0.1) is 5.06 Å². The third-order valence-corrected chi connectivity index (χ3v) is 4.40. The first-order valence-electron chi connectivity index (χ1n) is 8.71. The van der Waals surface area contributed by atoms with E-state index in [0.717, 1.165) is 11.1 Å². The summed E-state index contributed by atoms with van der Waals surface area (Å²) in [7, 11) is 0. The largest absolute Gasteiger partial charge is 0.480 e. The van der Waals surface area contributed by atoms with Crippen molar-refractivity contribution in [2.75, 3.05) is 6.61 Å². The van der Waals surface area contributed by atoms with E-state index in [4.69, 9.17) is 32.8 Å². The maximum atomic E-state index is 12.3. The molecule has 0 unspecified atom stereocenters. The molecule has 28 heavy (non-hydrogen) atoms. The van der Waals surface area contributed by atoms with Crippen LogP contribution in [0.25, 0.3) is 0 Å². The topological polar surface area (TPSA) is 38.8 Å². The van der Waals surface area contributed by atoms with Gasteiger partial charge >= 0.3 is 5.97 Å². The molecular weight excluding hydrogens is 397 g/mol. The molecule has 4 nitrogen and oxygen atoms in total. The normalized spacial score (nSPS) is 10.7. The van der Waals surface area contributed by atoms with E-state index in [9.17, 15) is 4.79 Å². The van der Waals surface area contributed by atoms with Crippen molar-refractivity contribution in [3.05, 3.63) is 100 Å². The maximum absolute atomic E-state index is 12.3. The fraction of sp³-hybridized carbons (Fsp3) is 0.136. The highest BCUT2D eigenvalue weighted by molar-refractivity contribution is 6.35. The fourth-order valence-corrected chi connectivity index (χ4v) is 3.06. The first kappa shape index (κ1) is 20.2. The molecule has 0 aliphatic heterocycles. The molecule has 3 aromatic rings. The van der Waals surface area contributed by atoms with Crippen molar-refractivity contribution < 1.29 is 14.4 Å². The van der Waals surface area contributed by atoms with Crippen molar-refractivity contribution in [2.45, 2.75) is 13.1 Å². The molecular formula is C22H19Cl2NO3. The standard InChI is InChI=1S/C22H19Cl2NO3/c23-19-11-12-21(20(24)13-19)27-16-22(26)28-25(14-17-7-3-1-4-8-17)15-18-9-5-2-6-10-18/h1-13H,14-16H2. The fourth-order valence-electron chi connectivity index (χ4n) is 2.59. The van der Waals surface area contributed by atoms with Crippen LogP contribution in [-0.4, -0.2) is 17.6 Å². The third-order valence-electron chi connectivity index (χ3n) is 3.87. The van der Waals surface area contributed by atoms with Gasteiger partial charge in [0.05, 0.1) is 18.1 Å². The van der Waals surface area contributed by atoms with Gasteiger partial charge in [0.25, 0.3) is 0 Å². The lowest BCUT2D eigenvalue weighted by atomic mass is 10.2. The Bertz CT molecular complexity index is 863. The zero-order valence-corrected chi connectivity index (χ0v) is 16.6. The van der Waals surface area contributed by atoms with Crippen LogP contribution in [-0.2, 0) is 22.7 Å². The minimum atomic E-state index is -0.516. The van der Waals surface area contributed by atoms with Crippen LogP contribution in [0.3, 0.4) is 0 Å². The molecule has 3 rings (SSSR count). The zero-order valence-electron chi connectivity index (χ0n) is 15.1. The van der Waals surface area contributed by atoms with Crippen molar-refractivity contribution in [3.8, 4) is 5.75 Å². The first-order chi connectivity index (χ1) is 13.6. The predicted octanol–water partition coefficient (Wildman–Crippen LogP) is 5.53. The molecule has 0 aliphatic rings. The summed E-state index contributed by atoms with van der Waals surface area (Å²) < 4.78 is 5.46. The van der Waals surface area contributed by atoms with Gasteiger partial charge in [-0.1, -0.05) is 83.9 Å². The maximum Gasteiger partial charge on any atom is 0.363 e. The summed E-state index contributed by atoms with van der Waals surface area (Å²) in [5.41, 5.74) is 2.07. The van der Waals surface area contributed by atoms with Crippen LogP contribution in [0.2, 0.25) is 10.0 Å². The molecule has 144 valence electrons. The molecule has 0 amide bonds. The van der Waals surface area contributed by atoms with E-state index in [-0.39, 0.29) is 6.61 Å². The Balaban J connectivity index is 1.63. The van der Waals surface area contributed by atoms with E-state index >= 15 is 0 Å². The van der Waals surface area contributed by atoms with Crippen molar-refractivity contribution in [2.24, 2.45) is 0 Å². The second kappa shape index (κ2) is 10.1. The van der Waals surface area contributed by atoms with E-state index in [1.54, 1.807) is 23.3 Å². The van der Waals surface area contributed by atoms with Gasteiger partial charge in [-0.25, -0.2) is 4.79 Å². The number of carbonyl (C=O) groups is 1. The third kappa shape index (κ3) is 6.27. The van der Waals surface area contributed by atoms with Crippen molar-refractivity contribution in [1.29, 1.82) is 0 Å². The summed E-state index contributed by atoms with van der Waals surface area (Å²) >= 11 is 11.9. The summed E-state index contributed by atoms with van der Waals surface area (Å²) in [6.45, 7) is 0.660. The second-order valence-corrected chi connectivity index (χ2v) is 6.94. The van der Waals surface area contributed by atoms with Gasteiger partial charge in [-0.05, 0) is 29.3 Å². The van der Waals surface area contributed by atoms with Crippen LogP contribution in [0.1, 0.15) is 11.1 Å². The number of hydroxylamine groups is 2. The van der Waals surface area contributed by atoms with Crippen molar-refractivity contribution >= 4 is 29.2 Å². The lowest BCUT2D eigenvalue weighted by Crippen LogP contribution is -2.29. The zero-order chi connectivity index (χ0) is 19.8. The van der Waals surface area contributed by atoms with E-state index < -0.39 is 5.97 Å². The predicted molar refractivity (Wildman–Crippen MR) is 110 cm³/mol. The highest BCUT2D eigenvalue weighted by Crippen LogP contribution is 2.27. The number of hydrogen-bond acceptors (Lipinski definition) is 4. The molecule has 0 saturated heterocycles. The van der Waals surface area contributed by atoms with Crippen LogP contribution in [0.5, 0.6) is 5.75 Å². The van der Waals surface area contributed by atoms with Crippen molar-refractivity contribution in [1.82, 2.24) is 5.06 Å². The first-order valence-corrected chi connectivity index (χ1v) is 9.47. The number of halogens is 2. The lowest BCUT2D eigenvalue weighted by Gasteiger charge is -2.21. The van der Waals surface area contributed by atoms with E-state index in [1.807, 2.05) is 60.7 Å². The number of rotatable bonds is 8. The molecule has 0 heterocycles. The van der Waals surface area contributed by atoms with Gasteiger partial charge in [-0.3, -0.25) is 0 Å². The summed E-state index contributed by atoms with van der Waals surface area (Å²) in [6.07, 6.45) is 0. The molecule has 0 aliphatic carbocycles. The van der Waals surface area contributed by atoms with Crippen molar-refractivity contribution in [3.63, 3.8) is 0 Å². The number of carbonyl (C=O) groups excluding carboxylic acids is 1. The summed E-state index contributed by atoms with van der Waals surface area (Å²) in [6, 6.07) is 24.4. The number of hydrogen-bond donors (Lipinski definition) is 0. The number of nitrogens with zero attached hydrogens (tertiary/aromatic N) is 1. The lowest BCUT2D eigenvalue weighted by molar-refractivity contribution is -0.199. The molecule has 0 bridgehead atoms. The van der Waals surface area contributed by atoms with Crippen LogP contribution in [0, 0.1) is 0 Å². The van der Waals surface area contributed by atoms with Gasteiger partial charge in [0.1, 0.15) is 5.75 Å². The molecule has 0 aromatic heterocycles. The van der Waals surface area contributed by atoms with Gasteiger partial charge < -0.3 is 9.57 Å². The minimum Gasteiger partial charge on any atom is -0.480 e. The van der Waals surface area contributed by atoms with Gasteiger partial charge in [-0.2, -0.15) is 0 Å². The minimum absolute atomic E-state index is 0.262. The van der Waals surface area contributed by atoms with Gasteiger partial charge in [0.2, 0.25) is 0 Å². The van der Waals surface area contributed by atoms with E-state index in [0.29, 0.717) is 28.9 Å². The van der Waals surface area contributed by atoms with Crippen LogP contribution in [0.15, 0.2) is 78.9 Å². The second-order valence-electron chi connectivity index (χ2n) is 6.10. The number of ether oxygens (including phenoxy) is 1. The Morgan fingerprint density at radius 2 is 1.39 bits per heavy atom. The average Bonchev–Trinajstić information content (AvgIpc) is 2.69.